The lowest BCUT2D eigenvalue weighted by molar-refractivity contribution is -0.897. The van der Waals surface area contributed by atoms with Crippen molar-refractivity contribution in [2.24, 2.45) is 0 Å². The van der Waals surface area contributed by atoms with E-state index in [-0.39, 0.29) is 0 Å². The van der Waals surface area contributed by atoms with Crippen molar-refractivity contribution in [3.8, 4) is 0 Å². The molecule has 6 nitrogen and oxygen atoms in total. The van der Waals surface area contributed by atoms with Crippen LogP contribution < -0.4 is 4.89 Å². The number of rotatable bonds is 5. The van der Waals surface area contributed by atoms with Crippen LogP contribution in [0.5, 0.6) is 0 Å². The van der Waals surface area contributed by atoms with Crippen LogP contribution in [0, 0.1) is 0 Å². The van der Waals surface area contributed by atoms with Gasteiger partial charge in [0.25, 0.3) is 7.82 Å². The second-order valence-corrected chi connectivity index (χ2v) is 5.93. The molecule has 0 radical (unpaired) electrons. The SMILES string of the molecule is COCC[N+]1(C)CCCC1.COP(=O)([O-])OC. The highest BCUT2D eigenvalue weighted by atomic mass is 31.2. The fourth-order valence-electron chi connectivity index (χ4n) is 1.71. The molecule has 1 rings (SSSR count). The van der Waals surface area contributed by atoms with E-state index in [0.717, 1.165) is 20.8 Å². The van der Waals surface area contributed by atoms with E-state index >= 15 is 0 Å². The minimum Gasteiger partial charge on any atom is -0.756 e. The summed E-state index contributed by atoms with van der Waals surface area (Å²) in [7, 11) is 2.28. The van der Waals surface area contributed by atoms with Crippen molar-refractivity contribution in [3.05, 3.63) is 0 Å². The van der Waals surface area contributed by atoms with Gasteiger partial charge in [0.05, 0.1) is 26.7 Å². The number of phosphoric ester groups is 1. The van der Waals surface area contributed by atoms with Crippen molar-refractivity contribution in [2.45, 2.75) is 12.8 Å². The van der Waals surface area contributed by atoms with Crippen molar-refractivity contribution in [3.63, 3.8) is 0 Å². The standard InChI is InChI=1S/C8H18NO.C2H7O4P/c1-9(7-8-10-2)5-3-4-6-9;1-5-7(3,4)6-2/h3-8H2,1-2H3;1-2H3,(H,3,4)/q+1;/p-1. The molecule has 1 aliphatic heterocycles. The number of hydrogen-bond acceptors (Lipinski definition) is 5. The smallest absolute Gasteiger partial charge is 0.267 e. The third kappa shape index (κ3) is 7.86. The Hall–Kier alpha value is 0.0300. The predicted molar refractivity (Wildman–Crippen MR) is 63.5 cm³/mol. The molecule has 0 aromatic rings. The van der Waals surface area contributed by atoms with Crippen molar-refractivity contribution >= 4 is 7.82 Å². The highest BCUT2D eigenvalue weighted by molar-refractivity contribution is 7.45. The quantitative estimate of drug-likeness (QED) is 0.540. The molecular formula is C10H24NO5P. The van der Waals surface area contributed by atoms with E-state index in [1.165, 1.54) is 37.0 Å². The Morgan fingerprint density at radius 2 is 1.65 bits per heavy atom. The molecule has 0 unspecified atom stereocenters. The van der Waals surface area contributed by atoms with E-state index in [0.29, 0.717) is 0 Å². The van der Waals surface area contributed by atoms with Gasteiger partial charge in [-0.15, -0.1) is 0 Å². The number of methoxy groups -OCH3 is 1. The summed E-state index contributed by atoms with van der Waals surface area (Å²) in [6, 6.07) is 0. The van der Waals surface area contributed by atoms with E-state index in [4.69, 9.17) is 4.74 Å². The molecule has 17 heavy (non-hydrogen) atoms. The number of phosphoric acid groups is 1. The van der Waals surface area contributed by atoms with Gasteiger partial charge in [-0.3, -0.25) is 4.57 Å². The Bertz CT molecular complexity index is 235. The lowest BCUT2D eigenvalue weighted by Gasteiger charge is -2.28. The number of nitrogens with zero attached hydrogens (tertiary/aromatic N) is 1. The largest absolute Gasteiger partial charge is 0.756 e. The topological polar surface area (TPSA) is 67.8 Å². The second kappa shape index (κ2) is 8.19. The zero-order chi connectivity index (χ0) is 13.4. The van der Waals surface area contributed by atoms with Crippen LogP contribution in [0.15, 0.2) is 0 Å². The van der Waals surface area contributed by atoms with Gasteiger partial charge >= 0.3 is 0 Å². The molecule has 1 aliphatic rings. The summed E-state index contributed by atoms with van der Waals surface area (Å²) in [5.41, 5.74) is 0. The van der Waals surface area contributed by atoms with Gasteiger partial charge in [-0.05, 0) is 0 Å². The van der Waals surface area contributed by atoms with E-state index in [2.05, 4.69) is 16.1 Å². The normalized spacial score (nSPS) is 18.6. The Morgan fingerprint density at radius 3 is 1.94 bits per heavy atom. The number of likely N-dealkylation sites (N-methyl/N-ethyl adjacent to an activating group) is 1. The predicted octanol–water partition coefficient (Wildman–Crippen LogP) is 0.621. The summed E-state index contributed by atoms with van der Waals surface area (Å²) < 4.78 is 24.0. The first-order valence-corrected chi connectivity index (χ1v) is 7.10. The van der Waals surface area contributed by atoms with Crippen LogP contribution in [0.2, 0.25) is 0 Å². The molecule has 1 heterocycles. The van der Waals surface area contributed by atoms with Crippen LogP contribution in [0.3, 0.4) is 0 Å². The molecule has 0 amide bonds. The first-order chi connectivity index (χ1) is 7.89. The summed E-state index contributed by atoms with van der Waals surface area (Å²) in [4.78, 5) is 9.95. The lowest BCUT2D eigenvalue weighted by Crippen LogP contribution is -2.43. The van der Waals surface area contributed by atoms with Crippen LogP contribution in [0.25, 0.3) is 0 Å². The average molecular weight is 269 g/mol. The number of quaternary nitrogens is 1. The molecule has 1 saturated heterocycles. The van der Waals surface area contributed by atoms with Crippen LogP contribution in [0.1, 0.15) is 12.8 Å². The molecule has 104 valence electrons. The van der Waals surface area contributed by atoms with Crippen LogP contribution in [0.4, 0.5) is 0 Å². The minimum absolute atomic E-state index is 0.913. The molecule has 0 spiro atoms. The number of hydrogen-bond donors (Lipinski definition) is 0. The molecule has 0 aliphatic carbocycles. The minimum atomic E-state index is -3.90. The van der Waals surface area contributed by atoms with Gasteiger partial charge in [-0.25, -0.2) is 0 Å². The summed E-state index contributed by atoms with van der Waals surface area (Å²) in [6.07, 6.45) is 2.81. The molecule has 0 atom stereocenters. The van der Waals surface area contributed by atoms with Gasteiger partial charge in [0.1, 0.15) is 6.54 Å². The highest BCUT2D eigenvalue weighted by Crippen LogP contribution is 2.34. The Kier molecular flexibility index (Phi) is 8.20. The average Bonchev–Trinajstić information content (AvgIpc) is 2.75. The summed E-state index contributed by atoms with van der Waals surface area (Å²) >= 11 is 0. The summed E-state index contributed by atoms with van der Waals surface area (Å²) in [5, 5.41) is 0. The maximum atomic E-state index is 9.95. The maximum Gasteiger partial charge on any atom is 0.267 e. The molecular weight excluding hydrogens is 245 g/mol. The first kappa shape index (κ1) is 17.0. The fourth-order valence-corrected chi connectivity index (χ4v) is 1.86. The third-order valence-electron chi connectivity index (χ3n) is 2.93. The van der Waals surface area contributed by atoms with Crippen LogP contribution in [-0.4, -0.2) is 59.1 Å². The van der Waals surface area contributed by atoms with Crippen molar-refractivity contribution in [2.75, 3.05) is 54.6 Å². The lowest BCUT2D eigenvalue weighted by atomic mass is 10.4. The second-order valence-electron chi connectivity index (χ2n) is 4.30. The number of likely N-dealkylation sites (tertiary alicyclic amines) is 1. The monoisotopic (exact) mass is 269 g/mol. The van der Waals surface area contributed by atoms with Crippen molar-refractivity contribution in [1.29, 1.82) is 0 Å². The Morgan fingerprint density at radius 1 is 1.18 bits per heavy atom. The molecule has 0 bridgehead atoms. The van der Waals surface area contributed by atoms with Crippen LogP contribution in [-0.2, 0) is 18.3 Å². The van der Waals surface area contributed by atoms with Crippen molar-refractivity contribution in [1.82, 2.24) is 0 Å². The summed E-state index contributed by atoms with van der Waals surface area (Å²) in [5.74, 6) is 0. The Labute approximate surface area is 104 Å². The van der Waals surface area contributed by atoms with Gasteiger partial charge in [0.2, 0.25) is 0 Å². The molecule has 7 heteroatoms. The van der Waals surface area contributed by atoms with Crippen LogP contribution >= 0.6 is 7.82 Å². The van der Waals surface area contributed by atoms with E-state index in [1.807, 2.05) is 0 Å². The van der Waals surface area contributed by atoms with Gasteiger partial charge in [-0.2, -0.15) is 0 Å². The maximum absolute atomic E-state index is 9.95. The molecule has 1 fully saturated rings. The highest BCUT2D eigenvalue weighted by Gasteiger charge is 2.25. The molecule has 0 N–H and O–H groups in total. The fraction of sp³-hybridized carbons (Fsp3) is 1.00. The summed E-state index contributed by atoms with van der Waals surface area (Å²) in [6.45, 7) is 4.81. The van der Waals surface area contributed by atoms with Crippen molar-refractivity contribution < 1.29 is 27.7 Å². The van der Waals surface area contributed by atoms with Gasteiger partial charge in [-0.1, -0.05) is 0 Å². The molecule has 0 aromatic carbocycles. The zero-order valence-corrected chi connectivity index (χ0v) is 12.1. The first-order valence-electron chi connectivity index (χ1n) is 5.64. The van der Waals surface area contributed by atoms with Gasteiger partial charge in [0.15, 0.2) is 0 Å². The van der Waals surface area contributed by atoms with Gasteiger partial charge < -0.3 is 23.2 Å². The zero-order valence-electron chi connectivity index (χ0n) is 11.2. The Balaban J connectivity index is 0.000000325. The van der Waals surface area contributed by atoms with Gasteiger partial charge in [0, 0.05) is 34.2 Å². The van der Waals surface area contributed by atoms with E-state index in [9.17, 15) is 9.46 Å². The number of ether oxygens (including phenoxy) is 1. The van der Waals surface area contributed by atoms with E-state index in [1.54, 1.807) is 7.11 Å². The third-order valence-corrected chi connectivity index (χ3v) is 3.82. The molecule has 0 aromatic heterocycles. The van der Waals surface area contributed by atoms with E-state index < -0.39 is 7.82 Å². The molecule has 0 saturated carbocycles.